The molecule has 0 aliphatic heterocycles. The number of carbonyl (C=O) groups is 1. The lowest BCUT2D eigenvalue weighted by Gasteiger charge is -2.10. The Kier molecular flexibility index (Phi) is 3.70. The van der Waals surface area contributed by atoms with Crippen molar-refractivity contribution in [3.8, 4) is 16.9 Å². The lowest BCUT2D eigenvalue weighted by atomic mass is 10.1. The van der Waals surface area contributed by atoms with Crippen LogP contribution in [0.1, 0.15) is 0 Å². The van der Waals surface area contributed by atoms with E-state index in [9.17, 15) is 13.6 Å². The molecule has 1 heterocycles. The molecule has 0 radical (unpaired) electrons. The Morgan fingerprint density at radius 1 is 1.26 bits per heavy atom. The zero-order valence-corrected chi connectivity index (χ0v) is 9.98. The number of benzene rings is 1. The number of pyridine rings is 1. The molecule has 98 valence electrons. The van der Waals surface area contributed by atoms with Gasteiger partial charge in [0.05, 0.1) is 13.3 Å². The maximum absolute atomic E-state index is 13.8. The Balaban J connectivity index is 2.57. The second kappa shape index (κ2) is 5.43. The summed E-state index contributed by atoms with van der Waals surface area (Å²) in [5.41, 5.74) is 0.536. The van der Waals surface area contributed by atoms with E-state index in [0.717, 1.165) is 12.3 Å². The number of aromatic nitrogens is 1. The maximum Gasteiger partial charge on any atom is 0.212 e. The monoisotopic (exact) mass is 264 g/mol. The zero-order chi connectivity index (χ0) is 13.8. The Hall–Kier alpha value is -2.50. The third-order valence-electron chi connectivity index (χ3n) is 2.52. The molecule has 1 aromatic heterocycles. The van der Waals surface area contributed by atoms with Gasteiger partial charge < -0.3 is 10.1 Å². The van der Waals surface area contributed by atoms with Crippen LogP contribution in [0.4, 0.5) is 14.6 Å². The first-order chi connectivity index (χ1) is 9.15. The predicted octanol–water partition coefficient (Wildman–Crippen LogP) is 2.60. The van der Waals surface area contributed by atoms with Crippen molar-refractivity contribution < 1.29 is 18.3 Å². The first-order valence-corrected chi connectivity index (χ1v) is 5.35. The van der Waals surface area contributed by atoms with Crippen molar-refractivity contribution in [1.29, 1.82) is 0 Å². The third-order valence-corrected chi connectivity index (χ3v) is 2.52. The molecule has 6 heteroatoms. The fourth-order valence-electron chi connectivity index (χ4n) is 1.67. The standard InChI is InChI=1S/C13H10F2N2O2/c1-19-12-4-8(14)2-3-9(12)10-5-13(17-7-18)16-6-11(10)15/h2-7H,1H3,(H,16,17,18). The highest BCUT2D eigenvalue weighted by Crippen LogP contribution is 2.33. The van der Waals surface area contributed by atoms with E-state index in [1.807, 2.05) is 0 Å². The first kappa shape index (κ1) is 12.9. The highest BCUT2D eigenvalue weighted by atomic mass is 19.1. The van der Waals surface area contributed by atoms with Gasteiger partial charge in [-0.15, -0.1) is 0 Å². The number of methoxy groups -OCH3 is 1. The number of nitrogens with zero attached hydrogens (tertiary/aromatic N) is 1. The summed E-state index contributed by atoms with van der Waals surface area (Å²) in [6.07, 6.45) is 1.41. The van der Waals surface area contributed by atoms with Crippen molar-refractivity contribution in [1.82, 2.24) is 4.98 Å². The van der Waals surface area contributed by atoms with Gasteiger partial charge in [0.2, 0.25) is 6.41 Å². The van der Waals surface area contributed by atoms with Gasteiger partial charge in [-0.05, 0) is 18.2 Å². The summed E-state index contributed by atoms with van der Waals surface area (Å²) < 4.78 is 31.9. The van der Waals surface area contributed by atoms with Gasteiger partial charge in [-0.3, -0.25) is 4.79 Å². The Morgan fingerprint density at radius 2 is 2.05 bits per heavy atom. The second-order valence-electron chi connectivity index (χ2n) is 3.66. The van der Waals surface area contributed by atoms with Crippen molar-refractivity contribution in [2.45, 2.75) is 0 Å². The highest BCUT2D eigenvalue weighted by Gasteiger charge is 2.13. The van der Waals surface area contributed by atoms with Crippen molar-refractivity contribution in [2.75, 3.05) is 12.4 Å². The van der Waals surface area contributed by atoms with E-state index in [4.69, 9.17) is 4.74 Å². The molecule has 0 atom stereocenters. The summed E-state index contributed by atoms with van der Waals surface area (Å²) in [4.78, 5) is 14.1. The van der Waals surface area contributed by atoms with Crippen LogP contribution in [-0.4, -0.2) is 18.5 Å². The van der Waals surface area contributed by atoms with Gasteiger partial charge in [-0.25, -0.2) is 13.8 Å². The van der Waals surface area contributed by atoms with Gasteiger partial charge in [0.1, 0.15) is 23.2 Å². The minimum Gasteiger partial charge on any atom is -0.496 e. The first-order valence-electron chi connectivity index (χ1n) is 5.35. The molecule has 2 aromatic rings. The summed E-state index contributed by atoms with van der Waals surface area (Å²) in [5, 5.41) is 2.32. The van der Waals surface area contributed by atoms with Crippen LogP contribution in [0.15, 0.2) is 30.5 Å². The Morgan fingerprint density at radius 3 is 2.74 bits per heavy atom. The number of nitrogens with one attached hydrogen (secondary N) is 1. The molecule has 0 spiro atoms. The summed E-state index contributed by atoms with van der Waals surface area (Å²) in [6, 6.07) is 5.10. The van der Waals surface area contributed by atoms with E-state index in [0.29, 0.717) is 12.0 Å². The molecule has 0 saturated carbocycles. The molecule has 0 aliphatic carbocycles. The smallest absolute Gasteiger partial charge is 0.212 e. The SMILES string of the molecule is COc1cc(F)ccc1-c1cc(NC=O)ncc1F. The highest BCUT2D eigenvalue weighted by molar-refractivity contribution is 5.76. The molecule has 0 unspecified atom stereocenters. The summed E-state index contributed by atoms with van der Waals surface area (Å²) in [6.45, 7) is 0. The topological polar surface area (TPSA) is 51.2 Å². The molecule has 1 aromatic carbocycles. The van der Waals surface area contributed by atoms with Crippen LogP contribution in [0.5, 0.6) is 5.75 Å². The molecular weight excluding hydrogens is 254 g/mol. The summed E-state index contributed by atoms with van der Waals surface area (Å²) in [5.74, 6) is -0.692. The quantitative estimate of drug-likeness (QED) is 0.863. The van der Waals surface area contributed by atoms with Crippen LogP contribution in [0.2, 0.25) is 0 Å². The number of amides is 1. The van der Waals surface area contributed by atoms with E-state index in [-0.39, 0.29) is 17.1 Å². The molecule has 2 rings (SSSR count). The van der Waals surface area contributed by atoms with E-state index in [1.165, 1.54) is 25.3 Å². The average molecular weight is 264 g/mol. The summed E-state index contributed by atoms with van der Waals surface area (Å²) in [7, 11) is 1.36. The van der Waals surface area contributed by atoms with Gasteiger partial charge >= 0.3 is 0 Å². The molecule has 0 fully saturated rings. The number of halogens is 2. The van der Waals surface area contributed by atoms with Crippen LogP contribution in [-0.2, 0) is 4.79 Å². The summed E-state index contributed by atoms with van der Waals surface area (Å²) >= 11 is 0. The third kappa shape index (κ3) is 2.67. The molecule has 0 aliphatic rings. The van der Waals surface area contributed by atoms with Crippen LogP contribution in [0, 0.1) is 11.6 Å². The molecule has 19 heavy (non-hydrogen) atoms. The predicted molar refractivity (Wildman–Crippen MR) is 65.8 cm³/mol. The zero-order valence-electron chi connectivity index (χ0n) is 9.98. The number of ether oxygens (including phenoxy) is 1. The fraction of sp³-hybridized carbons (Fsp3) is 0.0769. The van der Waals surface area contributed by atoms with E-state index in [1.54, 1.807) is 0 Å². The van der Waals surface area contributed by atoms with E-state index >= 15 is 0 Å². The molecule has 0 bridgehead atoms. The number of rotatable bonds is 4. The number of carbonyl (C=O) groups excluding carboxylic acids is 1. The van der Waals surface area contributed by atoms with Crippen molar-refractivity contribution in [3.63, 3.8) is 0 Å². The van der Waals surface area contributed by atoms with Crippen LogP contribution < -0.4 is 10.1 Å². The largest absolute Gasteiger partial charge is 0.496 e. The van der Waals surface area contributed by atoms with Gasteiger partial charge in [-0.2, -0.15) is 0 Å². The maximum atomic E-state index is 13.8. The minimum absolute atomic E-state index is 0.163. The molecule has 0 saturated heterocycles. The van der Waals surface area contributed by atoms with Crippen LogP contribution in [0.3, 0.4) is 0 Å². The Bertz CT molecular complexity index is 618. The van der Waals surface area contributed by atoms with Gasteiger partial charge in [0.15, 0.2) is 0 Å². The van der Waals surface area contributed by atoms with Crippen molar-refractivity contribution in [2.24, 2.45) is 0 Å². The molecule has 4 nitrogen and oxygen atoms in total. The van der Waals surface area contributed by atoms with Crippen molar-refractivity contribution >= 4 is 12.2 Å². The van der Waals surface area contributed by atoms with E-state index < -0.39 is 11.6 Å². The van der Waals surface area contributed by atoms with Gasteiger partial charge in [0.25, 0.3) is 0 Å². The average Bonchev–Trinajstić information content (AvgIpc) is 2.41. The Labute approximate surface area is 108 Å². The minimum atomic E-state index is -0.596. The van der Waals surface area contributed by atoms with Crippen molar-refractivity contribution in [3.05, 3.63) is 42.1 Å². The fourth-order valence-corrected chi connectivity index (χ4v) is 1.67. The van der Waals surface area contributed by atoms with Gasteiger partial charge in [0, 0.05) is 17.2 Å². The lowest BCUT2D eigenvalue weighted by molar-refractivity contribution is -0.105. The molecule has 1 amide bonds. The number of anilines is 1. The van der Waals surface area contributed by atoms with Crippen LogP contribution in [0.25, 0.3) is 11.1 Å². The normalized spacial score (nSPS) is 10.1. The lowest BCUT2D eigenvalue weighted by Crippen LogP contribution is -1.99. The number of hydrogen-bond acceptors (Lipinski definition) is 3. The molecule has 1 N–H and O–H groups in total. The van der Waals surface area contributed by atoms with Gasteiger partial charge in [-0.1, -0.05) is 0 Å². The number of hydrogen-bond donors (Lipinski definition) is 1. The second-order valence-corrected chi connectivity index (χ2v) is 3.66. The molecular formula is C13H10F2N2O2. The van der Waals surface area contributed by atoms with E-state index in [2.05, 4.69) is 10.3 Å². The van der Waals surface area contributed by atoms with Crippen LogP contribution >= 0.6 is 0 Å².